The lowest BCUT2D eigenvalue weighted by atomic mass is 9.84. The number of aliphatic hydroxyl groups is 1. The third kappa shape index (κ3) is 2.97. The summed E-state index contributed by atoms with van der Waals surface area (Å²) >= 11 is 0. The van der Waals surface area contributed by atoms with Gasteiger partial charge >= 0.3 is 6.09 Å². The zero-order valence-electron chi connectivity index (χ0n) is 11.7. The van der Waals surface area contributed by atoms with Crippen molar-refractivity contribution < 1.29 is 14.6 Å². The molecule has 1 saturated heterocycles. The normalized spacial score (nSPS) is 32.2. The Labute approximate surface area is 109 Å². The monoisotopic (exact) mass is 255 g/mol. The fourth-order valence-electron chi connectivity index (χ4n) is 3.28. The molecule has 1 heterocycles. The van der Waals surface area contributed by atoms with E-state index in [1.807, 2.05) is 25.7 Å². The highest BCUT2D eigenvalue weighted by molar-refractivity contribution is 5.68. The highest BCUT2D eigenvalue weighted by Gasteiger charge is 2.41. The van der Waals surface area contributed by atoms with Gasteiger partial charge in [-0.3, -0.25) is 0 Å². The first-order valence-electron chi connectivity index (χ1n) is 6.99. The van der Waals surface area contributed by atoms with Crippen molar-refractivity contribution in [2.75, 3.05) is 19.7 Å². The number of fused-ring (bicyclic) bond motifs is 1. The molecule has 2 aliphatic rings. The third-order valence-electron chi connectivity index (χ3n) is 4.21. The van der Waals surface area contributed by atoms with Gasteiger partial charge in [-0.05, 0) is 57.8 Å². The molecule has 0 aromatic heterocycles. The number of ether oxygens (including phenoxy) is 1. The van der Waals surface area contributed by atoms with E-state index in [2.05, 4.69) is 0 Å². The molecule has 3 atom stereocenters. The second-order valence-electron chi connectivity index (χ2n) is 6.66. The quantitative estimate of drug-likeness (QED) is 0.782. The Morgan fingerprint density at radius 2 is 2.06 bits per heavy atom. The van der Waals surface area contributed by atoms with Crippen molar-refractivity contribution in [1.82, 2.24) is 4.90 Å². The van der Waals surface area contributed by atoms with E-state index in [1.54, 1.807) is 0 Å². The van der Waals surface area contributed by atoms with E-state index >= 15 is 0 Å². The summed E-state index contributed by atoms with van der Waals surface area (Å²) in [4.78, 5) is 13.9. The number of aliphatic hydroxyl groups excluding tert-OH is 1. The van der Waals surface area contributed by atoms with Gasteiger partial charge in [0.2, 0.25) is 0 Å². The molecule has 0 aromatic carbocycles. The molecule has 1 saturated carbocycles. The van der Waals surface area contributed by atoms with Crippen molar-refractivity contribution in [1.29, 1.82) is 0 Å². The zero-order chi connectivity index (χ0) is 13.3. The van der Waals surface area contributed by atoms with Crippen molar-refractivity contribution in [2.24, 2.45) is 17.8 Å². The average Bonchev–Trinajstić information content (AvgIpc) is 2.68. The molecule has 0 spiro atoms. The lowest BCUT2D eigenvalue weighted by Gasteiger charge is -2.37. The number of hydrogen-bond donors (Lipinski definition) is 1. The van der Waals surface area contributed by atoms with Crippen LogP contribution in [0.4, 0.5) is 4.79 Å². The second kappa shape index (κ2) is 5.08. The summed E-state index contributed by atoms with van der Waals surface area (Å²) in [5, 5.41) is 9.38. The molecule has 18 heavy (non-hydrogen) atoms. The highest BCUT2D eigenvalue weighted by atomic mass is 16.6. The number of amides is 1. The van der Waals surface area contributed by atoms with Gasteiger partial charge in [0.1, 0.15) is 5.60 Å². The first-order valence-corrected chi connectivity index (χ1v) is 6.99. The minimum absolute atomic E-state index is 0.204. The first-order chi connectivity index (χ1) is 8.40. The summed E-state index contributed by atoms with van der Waals surface area (Å²) in [6, 6.07) is 0. The van der Waals surface area contributed by atoms with Gasteiger partial charge in [0, 0.05) is 19.7 Å². The Balaban J connectivity index is 1.94. The molecular weight excluding hydrogens is 230 g/mol. The molecule has 1 amide bonds. The van der Waals surface area contributed by atoms with E-state index in [0.29, 0.717) is 17.8 Å². The maximum atomic E-state index is 12.0. The number of piperidine rings is 1. The maximum Gasteiger partial charge on any atom is 0.410 e. The largest absolute Gasteiger partial charge is 0.444 e. The molecule has 2 rings (SSSR count). The predicted octanol–water partition coefficient (Wildman–Crippen LogP) is 2.26. The molecule has 0 aromatic rings. The number of hydrogen-bond acceptors (Lipinski definition) is 3. The van der Waals surface area contributed by atoms with Crippen molar-refractivity contribution in [3.05, 3.63) is 0 Å². The average molecular weight is 255 g/mol. The fraction of sp³-hybridized carbons (Fsp3) is 0.929. The van der Waals surface area contributed by atoms with Gasteiger partial charge in [-0.25, -0.2) is 4.79 Å². The van der Waals surface area contributed by atoms with Gasteiger partial charge in [0.15, 0.2) is 0 Å². The molecule has 1 aliphatic carbocycles. The van der Waals surface area contributed by atoms with Gasteiger partial charge < -0.3 is 14.7 Å². The molecular formula is C14H25NO3. The summed E-state index contributed by atoms with van der Waals surface area (Å²) in [5.74, 6) is 1.54. The summed E-state index contributed by atoms with van der Waals surface area (Å²) in [7, 11) is 0. The van der Waals surface area contributed by atoms with Crippen LogP contribution >= 0.6 is 0 Å². The van der Waals surface area contributed by atoms with Crippen LogP contribution in [0.1, 0.15) is 40.0 Å². The van der Waals surface area contributed by atoms with E-state index in [1.165, 1.54) is 6.42 Å². The van der Waals surface area contributed by atoms with Crippen LogP contribution < -0.4 is 0 Å². The van der Waals surface area contributed by atoms with Crippen LogP contribution in [0.2, 0.25) is 0 Å². The Morgan fingerprint density at radius 1 is 1.33 bits per heavy atom. The van der Waals surface area contributed by atoms with Crippen LogP contribution in [-0.2, 0) is 4.74 Å². The second-order valence-corrected chi connectivity index (χ2v) is 6.66. The Bertz CT molecular complexity index is 305. The standard InChI is InChI=1S/C14H25NO3/c1-14(2,3)18-13(17)15-7-6-10-4-5-11(9-16)12(10)8-15/h10-12,16H,4-9H2,1-3H3/t10-,11+,12+/m1/s1. The first kappa shape index (κ1) is 13.7. The smallest absolute Gasteiger partial charge is 0.410 e. The summed E-state index contributed by atoms with van der Waals surface area (Å²) in [6.07, 6.45) is 3.16. The Hall–Kier alpha value is -0.770. The third-order valence-corrected chi connectivity index (χ3v) is 4.21. The minimum Gasteiger partial charge on any atom is -0.444 e. The lowest BCUT2D eigenvalue weighted by molar-refractivity contribution is 0.00742. The van der Waals surface area contributed by atoms with Crippen molar-refractivity contribution in [2.45, 2.75) is 45.6 Å². The molecule has 0 unspecified atom stereocenters. The molecule has 1 aliphatic heterocycles. The number of likely N-dealkylation sites (tertiary alicyclic amines) is 1. The van der Waals surface area contributed by atoms with Crippen LogP contribution in [-0.4, -0.2) is 41.4 Å². The molecule has 0 bridgehead atoms. The molecule has 4 heteroatoms. The number of carbonyl (C=O) groups is 1. The fourth-order valence-corrected chi connectivity index (χ4v) is 3.28. The van der Waals surface area contributed by atoms with Crippen LogP contribution in [0.5, 0.6) is 0 Å². The zero-order valence-corrected chi connectivity index (χ0v) is 11.7. The molecule has 2 fully saturated rings. The van der Waals surface area contributed by atoms with Gasteiger partial charge in [-0.15, -0.1) is 0 Å². The lowest BCUT2D eigenvalue weighted by Crippen LogP contribution is -2.46. The SMILES string of the molecule is CC(C)(C)OC(=O)N1CC[C@H]2CC[C@@H](CO)[C@H]2C1. The van der Waals surface area contributed by atoms with E-state index < -0.39 is 5.60 Å². The Kier molecular flexibility index (Phi) is 3.85. The van der Waals surface area contributed by atoms with E-state index in [-0.39, 0.29) is 12.7 Å². The molecule has 104 valence electrons. The molecule has 4 nitrogen and oxygen atoms in total. The maximum absolute atomic E-state index is 12.0. The van der Waals surface area contributed by atoms with Crippen molar-refractivity contribution in [3.8, 4) is 0 Å². The van der Waals surface area contributed by atoms with Crippen LogP contribution in [0.3, 0.4) is 0 Å². The number of nitrogens with zero attached hydrogens (tertiary/aromatic N) is 1. The van der Waals surface area contributed by atoms with Gasteiger partial charge in [-0.1, -0.05) is 0 Å². The minimum atomic E-state index is -0.431. The van der Waals surface area contributed by atoms with Gasteiger partial charge in [0.25, 0.3) is 0 Å². The van der Waals surface area contributed by atoms with Crippen LogP contribution in [0.15, 0.2) is 0 Å². The molecule has 0 radical (unpaired) electrons. The van der Waals surface area contributed by atoms with Crippen LogP contribution in [0.25, 0.3) is 0 Å². The van der Waals surface area contributed by atoms with Crippen molar-refractivity contribution >= 4 is 6.09 Å². The van der Waals surface area contributed by atoms with Crippen molar-refractivity contribution in [3.63, 3.8) is 0 Å². The predicted molar refractivity (Wildman–Crippen MR) is 69.2 cm³/mol. The number of rotatable bonds is 1. The number of carbonyl (C=O) groups excluding carboxylic acids is 1. The molecule has 1 N–H and O–H groups in total. The summed E-state index contributed by atoms with van der Waals surface area (Å²) < 4.78 is 5.42. The van der Waals surface area contributed by atoms with E-state index in [9.17, 15) is 9.90 Å². The summed E-state index contributed by atoms with van der Waals surface area (Å²) in [6.45, 7) is 7.49. The highest BCUT2D eigenvalue weighted by Crippen LogP contribution is 2.42. The Morgan fingerprint density at radius 3 is 2.67 bits per heavy atom. The van der Waals surface area contributed by atoms with Crippen LogP contribution in [0, 0.1) is 17.8 Å². The summed E-state index contributed by atoms with van der Waals surface area (Å²) in [5.41, 5.74) is -0.431. The van der Waals surface area contributed by atoms with Gasteiger partial charge in [0.05, 0.1) is 0 Å². The topological polar surface area (TPSA) is 49.8 Å². The van der Waals surface area contributed by atoms with E-state index in [4.69, 9.17) is 4.74 Å². The van der Waals surface area contributed by atoms with Gasteiger partial charge in [-0.2, -0.15) is 0 Å². The van der Waals surface area contributed by atoms with E-state index in [0.717, 1.165) is 25.9 Å².